The fourth-order valence-electron chi connectivity index (χ4n) is 8.42. The maximum atomic E-state index is 6.35. The van der Waals surface area contributed by atoms with Crippen molar-refractivity contribution >= 4 is 92.9 Å². The van der Waals surface area contributed by atoms with E-state index in [0.29, 0.717) is 0 Å². The Morgan fingerprint density at radius 1 is 0.308 bits per heavy atom. The summed E-state index contributed by atoms with van der Waals surface area (Å²) in [6.07, 6.45) is 0. The van der Waals surface area contributed by atoms with E-state index in [0.717, 1.165) is 33.6 Å². The zero-order valence-electron chi connectivity index (χ0n) is 28.3. The number of hydrogen-bond acceptors (Lipinski definition) is 2. The number of benzene rings is 10. The molecule has 0 aliphatic rings. The van der Waals surface area contributed by atoms with E-state index < -0.39 is 0 Å². The number of hydrogen-bond donors (Lipinski definition) is 0. The Labute approximate surface area is 300 Å². The number of rotatable bonds is 4. The second-order valence-corrected chi connectivity index (χ2v) is 13.7. The maximum absolute atomic E-state index is 6.35. The fraction of sp³-hybridized carbons (Fsp3) is 0. The molecule has 0 atom stereocenters. The molecule has 1 heterocycles. The number of fused-ring (bicyclic) bond motifs is 12. The predicted molar refractivity (Wildman–Crippen MR) is 221 cm³/mol. The van der Waals surface area contributed by atoms with Gasteiger partial charge in [-0.2, -0.15) is 0 Å². The minimum absolute atomic E-state index is 0.921. The van der Waals surface area contributed by atoms with Gasteiger partial charge in [0.1, 0.15) is 11.2 Å². The molecule has 11 rings (SSSR count). The van der Waals surface area contributed by atoms with Crippen LogP contribution in [0.2, 0.25) is 0 Å². The number of nitrogens with zero attached hydrogens (tertiary/aromatic N) is 1. The second kappa shape index (κ2) is 11.3. The van der Waals surface area contributed by atoms with Gasteiger partial charge in [0.25, 0.3) is 0 Å². The molecule has 0 amide bonds. The normalized spacial score (nSPS) is 11.8. The molecule has 2 heteroatoms. The minimum atomic E-state index is 0.921. The average Bonchev–Trinajstić information content (AvgIpc) is 3.60. The molecule has 0 saturated heterocycles. The molecule has 0 spiro atoms. The Hall–Kier alpha value is -6.90. The first-order valence-electron chi connectivity index (χ1n) is 17.8. The largest absolute Gasteiger partial charge is 0.456 e. The van der Waals surface area contributed by atoms with Gasteiger partial charge >= 0.3 is 0 Å². The van der Waals surface area contributed by atoms with Gasteiger partial charge in [-0.25, -0.2) is 0 Å². The molecule has 1 aromatic heterocycles. The zero-order chi connectivity index (χ0) is 34.2. The summed E-state index contributed by atoms with van der Waals surface area (Å²) in [4.78, 5) is 2.37. The van der Waals surface area contributed by atoms with Gasteiger partial charge in [0.15, 0.2) is 0 Å². The molecular weight excluding hydrogens is 631 g/mol. The Morgan fingerprint density at radius 2 is 0.827 bits per heavy atom. The van der Waals surface area contributed by atoms with Gasteiger partial charge < -0.3 is 9.32 Å². The first kappa shape index (κ1) is 28.9. The summed E-state index contributed by atoms with van der Waals surface area (Å²) in [5.74, 6) is 0. The summed E-state index contributed by atoms with van der Waals surface area (Å²) in [6.45, 7) is 0. The summed E-state index contributed by atoms with van der Waals surface area (Å²) >= 11 is 0. The van der Waals surface area contributed by atoms with Crippen LogP contribution in [0, 0.1) is 0 Å². The molecule has 242 valence electrons. The van der Waals surface area contributed by atoms with E-state index in [2.05, 4.69) is 187 Å². The fourth-order valence-corrected chi connectivity index (χ4v) is 8.42. The lowest BCUT2D eigenvalue weighted by Crippen LogP contribution is -2.09. The Kier molecular flexibility index (Phi) is 6.28. The summed E-state index contributed by atoms with van der Waals surface area (Å²) in [5.41, 5.74) is 7.62. The van der Waals surface area contributed by atoms with E-state index in [1.807, 2.05) is 6.07 Å². The smallest absolute Gasteiger partial charge is 0.136 e. The standard InChI is InChI=1S/C50H31NO/c1-3-12-35-30-38(26-20-32(35)10-1)51(39-27-21-33-11-2-4-13-36(33)31-39)37-24-22-34(23-25-37)40-17-9-18-42-44-28-29-47-50(45-16-7-8-19-46(45)52-47)49(44)43-15-6-5-14-41(43)48(40)42/h1-31H. The highest BCUT2D eigenvalue weighted by Gasteiger charge is 2.19. The molecule has 10 aromatic carbocycles. The molecule has 0 aliphatic carbocycles. The van der Waals surface area contributed by atoms with Crippen molar-refractivity contribution in [2.45, 2.75) is 0 Å². The molecule has 0 radical (unpaired) electrons. The lowest BCUT2D eigenvalue weighted by atomic mass is 9.88. The van der Waals surface area contributed by atoms with E-state index in [1.165, 1.54) is 70.4 Å². The van der Waals surface area contributed by atoms with Gasteiger partial charge in [-0.05, 0) is 114 Å². The van der Waals surface area contributed by atoms with Crippen LogP contribution in [0.1, 0.15) is 0 Å². The molecule has 0 bridgehead atoms. The van der Waals surface area contributed by atoms with Crippen molar-refractivity contribution in [2.75, 3.05) is 4.90 Å². The van der Waals surface area contributed by atoms with Crippen molar-refractivity contribution in [3.05, 3.63) is 188 Å². The van der Waals surface area contributed by atoms with E-state index in [1.54, 1.807) is 0 Å². The SMILES string of the molecule is c1ccc2cc(N(c3ccc(-c4cccc5c6ccc7oc8ccccc8c7c6c6ccccc6c45)cc3)c3ccc4ccccc4c3)ccc2c1. The molecule has 0 unspecified atom stereocenters. The van der Waals surface area contributed by atoms with Gasteiger partial charge in [0, 0.05) is 33.2 Å². The molecule has 0 N–H and O–H groups in total. The van der Waals surface area contributed by atoms with Crippen molar-refractivity contribution < 1.29 is 4.42 Å². The topological polar surface area (TPSA) is 16.4 Å². The van der Waals surface area contributed by atoms with Crippen LogP contribution in [0.5, 0.6) is 0 Å². The Bertz CT molecular complexity index is 3080. The molecule has 0 saturated carbocycles. The Morgan fingerprint density at radius 3 is 1.50 bits per heavy atom. The van der Waals surface area contributed by atoms with Crippen LogP contribution >= 0.6 is 0 Å². The zero-order valence-corrected chi connectivity index (χ0v) is 28.3. The maximum Gasteiger partial charge on any atom is 0.136 e. The highest BCUT2D eigenvalue weighted by molar-refractivity contribution is 6.36. The first-order chi connectivity index (χ1) is 25.8. The lowest BCUT2D eigenvalue weighted by molar-refractivity contribution is 0.669. The average molecular weight is 662 g/mol. The number of furan rings is 1. The molecule has 2 nitrogen and oxygen atoms in total. The van der Waals surface area contributed by atoms with Gasteiger partial charge in [0.2, 0.25) is 0 Å². The van der Waals surface area contributed by atoms with Crippen molar-refractivity contribution in [1.29, 1.82) is 0 Å². The third-order valence-corrected chi connectivity index (χ3v) is 10.8. The van der Waals surface area contributed by atoms with Crippen LogP contribution in [0.3, 0.4) is 0 Å². The molecule has 11 aromatic rings. The van der Waals surface area contributed by atoms with Gasteiger partial charge in [-0.3, -0.25) is 0 Å². The van der Waals surface area contributed by atoms with Crippen LogP contribution < -0.4 is 4.90 Å². The predicted octanol–water partition coefficient (Wildman–Crippen LogP) is 14.5. The van der Waals surface area contributed by atoms with Crippen LogP contribution in [0.15, 0.2) is 192 Å². The highest BCUT2D eigenvalue weighted by atomic mass is 16.3. The summed E-state index contributed by atoms with van der Waals surface area (Å²) in [6, 6.07) is 68.1. The van der Waals surface area contributed by atoms with Gasteiger partial charge in [0.05, 0.1) is 0 Å². The first-order valence-corrected chi connectivity index (χ1v) is 17.8. The van der Waals surface area contributed by atoms with E-state index in [4.69, 9.17) is 4.42 Å². The van der Waals surface area contributed by atoms with Crippen molar-refractivity contribution in [3.8, 4) is 11.1 Å². The third-order valence-electron chi connectivity index (χ3n) is 10.8. The van der Waals surface area contributed by atoms with Crippen LogP contribution in [0.4, 0.5) is 17.1 Å². The van der Waals surface area contributed by atoms with E-state index in [9.17, 15) is 0 Å². The minimum Gasteiger partial charge on any atom is -0.456 e. The summed E-state index contributed by atoms with van der Waals surface area (Å²) < 4.78 is 6.35. The monoisotopic (exact) mass is 661 g/mol. The molecular formula is C50H31NO. The van der Waals surface area contributed by atoms with Gasteiger partial charge in [-0.1, -0.05) is 133 Å². The highest BCUT2D eigenvalue weighted by Crippen LogP contribution is 2.45. The Balaban J connectivity index is 1.11. The van der Waals surface area contributed by atoms with Crippen molar-refractivity contribution in [3.63, 3.8) is 0 Å². The molecule has 0 aliphatic heterocycles. The van der Waals surface area contributed by atoms with Gasteiger partial charge in [-0.15, -0.1) is 0 Å². The quantitative estimate of drug-likeness (QED) is 0.175. The van der Waals surface area contributed by atoms with Crippen LogP contribution in [-0.2, 0) is 0 Å². The van der Waals surface area contributed by atoms with E-state index in [-0.39, 0.29) is 0 Å². The number of para-hydroxylation sites is 1. The van der Waals surface area contributed by atoms with E-state index >= 15 is 0 Å². The van der Waals surface area contributed by atoms with Crippen molar-refractivity contribution in [2.24, 2.45) is 0 Å². The van der Waals surface area contributed by atoms with Crippen LogP contribution in [0.25, 0.3) is 86.9 Å². The summed E-state index contributed by atoms with van der Waals surface area (Å²) in [7, 11) is 0. The second-order valence-electron chi connectivity index (χ2n) is 13.7. The van der Waals surface area contributed by atoms with Crippen LogP contribution in [-0.4, -0.2) is 0 Å². The third kappa shape index (κ3) is 4.38. The summed E-state index contributed by atoms with van der Waals surface area (Å²) in [5, 5.41) is 14.7. The lowest BCUT2D eigenvalue weighted by Gasteiger charge is -2.26. The molecule has 52 heavy (non-hydrogen) atoms. The van der Waals surface area contributed by atoms with Crippen molar-refractivity contribution in [1.82, 2.24) is 0 Å². The molecule has 0 fully saturated rings. The number of anilines is 3.